The molecule has 3 N–H and O–H groups in total. The number of ether oxygens (including phenoxy) is 1. The standard InChI is InChI=1S/C15H25N3O5Si/c1-15(2,3)24(4,5)23-11-8-10(9-19)22-13(11)18-7-6-12(17-21)16-14(18)20/h6-8,11,13,19,21H,9H2,1-5H3,(H,16,17,20)/t11-,13-/m1/s1. The van der Waals surface area contributed by atoms with Crippen LogP contribution in [0.25, 0.3) is 0 Å². The summed E-state index contributed by atoms with van der Waals surface area (Å²) in [5.74, 6) is 0.409. The van der Waals surface area contributed by atoms with Gasteiger partial charge in [-0.05, 0) is 30.3 Å². The third-order valence-electron chi connectivity index (χ3n) is 4.51. The predicted octanol–water partition coefficient (Wildman–Crippen LogP) is 1.84. The number of nitrogens with zero attached hydrogens (tertiary/aromatic N) is 2. The summed E-state index contributed by atoms with van der Waals surface area (Å²) in [5, 5.41) is 18.2. The lowest BCUT2D eigenvalue weighted by Gasteiger charge is -2.39. The van der Waals surface area contributed by atoms with E-state index in [1.54, 1.807) is 6.08 Å². The number of rotatable bonds is 5. The van der Waals surface area contributed by atoms with E-state index in [9.17, 15) is 9.90 Å². The van der Waals surface area contributed by atoms with Gasteiger partial charge in [0.05, 0.1) is 0 Å². The minimum Gasteiger partial charge on any atom is -0.469 e. The predicted molar refractivity (Wildman–Crippen MR) is 91.3 cm³/mol. The molecule has 0 saturated heterocycles. The summed E-state index contributed by atoms with van der Waals surface area (Å²) in [7, 11) is -2.12. The maximum Gasteiger partial charge on any atom is 0.352 e. The number of aliphatic hydroxyl groups excluding tert-OH is 1. The lowest BCUT2D eigenvalue weighted by molar-refractivity contribution is -0.00543. The fraction of sp³-hybridized carbons (Fsp3) is 0.600. The zero-order chi connectivity index (χ0) is 18.1. The van der Waals surface area contributed by atoms with Crippen LogP contribution in [0.15, 0.2) is 28.9 Å². The molecule has 0 fully saturated rings. The van der Waals surface area contributed by atoms with E-state index in [-0.39, 0.29) is 17.5 Å². The van der Waals surface area contributed by atoms with Gasteiger partial charge in [-0.15, -0.1) is 0 Å². The van der Waals surface area contributed by atoms with Crippen molar-refractivity contribution in [3.05, 3.63) is 34.6 Å². The molecular weight excluding hydrogens is 330 g/mol. The first kappa shape index (κ1) is 18.7. The van der Waals surface area contributed by atoms with Gasteiger partial charge in [-0.2, -0.15) is 4.98 Å². The minimum atomic E-state index is -2.12. The number of anilines is 1. The van der Waals surface area contributed by atoms with E-state index in [1.165, 1.54) is 16.8 Å². The van der Waals surface area contributed by atoms with Crippen LogP contribution in [0.1, 0.15) is 27.0 Å². The number of nitrogens with one attached hydrogen (secondary N) is 1. The highest BCUT2D eigenvalue weighted by Crippen LogP contribution is 2.40. The molecule has 0 amide bonds. The lowest BCUT2D eigenvalue weighted by Crippen LogP contribution is -2.46. The maximum atomic E-state index is 12.2. The molecule has 0 saturated carbocycles. The summed E-state index contributed by atoms with van der Waals surface area (Å²) in [4.78, 5) is 15.9. The average Bonchev–Trinajstić information content (AvgIpc) is 2.88. The first-order valence-electron chi connectivity index (χ1n) is 7.74. The molecule has 9 heteroatoms. The molecule has 0 aliphatic carbocycles. The van der Waals surface area contributed by atoms with Crippen LogP contribution in [-0.4, -0.2) is 40.9 Å². The normalized spacial score (nSPS) is 21.4. The van der Waals surface area contributed by atoms with Gasteiger partial charge < -0.3 is 14.3 Å². The van der Waals surface area contributed by atoms with Crippen LogP contribution in [0.2, 0.25) is 18.1 Å². The van der Waals surface area contributed by atoms with Crippen LogP contribution >= 0.6 is 0 Å². The molecule has 1 aromatic heterocycles. The average molecular weight is 355 g/mol. The Morgan fingerprint density at radius 1 is 1.46 bits per heavy atom. The fourth-order valence-corrected chi connectivity index (χ4v) is 3.33. The van der Waals surface area contributed by atoms with E-state index in [2.05, 4.69) is 38.8 Å². The summed E-state index contributed by atoms with van der Waals surface area (Å²) in [5.41, 5.74) is 1.24. The number of aliphatic hydroxyl groups is 1. The molecular formula is C15H25N3O5Si. The summed E-state index contributed by atoms with van der Waals surface area (Å²) in [6.07, 6.45) is 1.93. The Morgan fingerprint density at radius 3 is 2.62 bits per heavy atom. The number of hydrogen-bond donors (Lipinski definition) is 3. The second-order valence-corrected chi connectivity index (χ2v) is 12.0. The largest absolute Gasteiger partial charge is 0.469 e. The van der Waals surface area contributed by atoms with Crippen molar-refractivity contribution in [1.29, 1.82) is 0 Å². The van der Waals surface area contributed by atoms with E-state index in [4.69, 9.17) is 14.4 Å². The monoisotopic (exact) mass is 355 g/mol. The molecule has 0 bridgehead atoms. The number of hydrogen-bond acceptors (Lipinski definition) is 7. The zero-order valence-corrected chi connectivity index (χ0v) is 15.6. The van der Waals surface area contributed by atoms with Crippen molar-refractivity contribution >= 4 is 14.1 Å². The first-order valence-corrected chi connectivity index (χ1v) is 10.6. The molecule has 1 aliphatic rings. The van der Waals surface area contributed by atoms with E-state index in [0.29, 0.717) is 5.76 Å². The molecule has 0 unspecified atom stereocenters. The quantitative estimate of drug-likeness (QED) is 0.546. The van der Waals surface area contributed by atoms with Crippen molar-refractivity contribution in [1.82, 2.24) is 9.55 Å². The highest BCUT2D eigenvalue weighted by atomic mass is 28.4. The van der Waals surface area contributed by atoms with Crippen LogP contribution < -0.4 is 11.2 Å². The van der Waals surface area contributed by atoms with Crippen molar-refractivity contribution in [2.75, 3.05) is 12.1 Å². The smallest absolute Gasteiger partial charge is 0.352 e. The Balaban J connectivity index is 2.34. The summed E-state index contributed by atoms with van der Waals surface area (Å²) >= 11 is 0. The highest BCUT2D eigenvalue weighted by Gasteiger charge is 2.43. The van der Waals surface area contributed by atoms with Crippen molar-refractivity contribution < 1.29 is 19.5 Å². The van der Waals surface area contributed by atoms with E-state index >= 15 is 0 Å². The minimum absolute atomic E-state index is 0.0127. The van der Waals surface area contributed by atoms with Gasteiger partial charge >= 0.3 is 5.69 Å². The molecule has 2 heterocycles. The molecule has 0 spiro atoms. The molecule has 1 aliphatic heterocycles. The molecule has 134 valence electrons. The lowest BCUT2D eigenvalue weighted by atomic mass is 10.2. The molecule has 24 heavy (non-hydrogen) atoms. The second-order valence-electron chi connectivity index (χ2n) is 7.26. The Morgan fingerprint density at radius 2 is 2.12 bits per heavy atom. The van der Waals surface area contributed by atoms with Gasteiger partial charge in [0.2, 0.25) is 6.23 Å². The van der Waals surface area contributed by atoms with Gasteiger partial charge in [0.1, 0.15) is 18.5 Å². The Bertz CT molecular complexity index is 680. The Kier molecular flexibility index (Phi) is 5.19. The van der Waals surface area contributed by atoms with Crippen LogP contribution in [0, 0.1) is 0 Å². The van der Waals surface area contributed by atoms with E-state index in [0.717, 1.165) is 0 Å². The second kappa shape index (κ2) is 6.67. The SMILES string of the molecule is CC(C)(C)[Si](C)(C)O[C@@H]1C=C(CO)O[C@H]1n1ccc(NO)nc1=O. The molecule has 1 aromatic rings. The Labute approximate surface area is 141 Å². The molecule has 0 aromatic carbocycles. The molecule has 2 atom stereocenters. The van der Waals surface area contributed by atoms with Gasteiger partial charge in [-0.25, -0.2) is 4.79 Å². The van der Waals surface area contributed by atoms with Crippen molar-refractivity contribution in [3.8, 4) is 0 Å². The van der Waals surface area contributed by atoms with Gasteiger partial charge in [0, 0.05) is 6.20 Å². The van der Waals surface area contributed by atoms with Crippen molar-refractivity contribution in [3.63, 3.8) is 0 Å². The maximum absolute atomic E-state index is 12.2. The molecule has 0 radical (unpaired) electrons. The van der Waals surface area contributed by atoms with Gasteiger partial charge in [0.15, 0.2) is 14.1 Å². The number of aromatic nitrogens is 2. The highest BCUT2D eigenvalue weighted by molar-refractivity contribution is 6.74. The first-order chi connectivity index (χ1) is 11.1. The van der Waals surface area contributed by atoms with Crippen molar-refractivity contribution in [2.24, 2.45) is 0 Å². The van der Waals surface area contributed by atoms with E-state index in [1.807, 2.05) is 5.48 Å². The van der Waals surface area contributed by atoms with Crippen LogP contribution in [0.3, 0.4) is 0 Å². The third-order valence-corrected chi connectivity index (χ3v) is 8.99. The molecule has 2 rings (SSSR count). The van der Waals surface area contributed by atoms with Crippen LogP contribution in [-0.2, 0) is 9.16 Å². The van der Waals surface area contributed by atoms with Crippen molar-refractivity contribution in [2.45, 2.75) is 51.2 Å². The zero-order valence-electron chi connectivity index (χ0n) is 14.6. The van der Waals surface area contributed by atoms with Crippen LogP contribution in [0.4, 0.5) is 5.82 Å². The van der Waals surface area contributed by atoms with Crippen LogP contribution in [0.5, 0.6) is 0 Å². The third kappa shape index (κ3) is 3.69. The summed E-state index contributed by atoms with van der Waals surface area (Å²) in [6.45, 7) is 10.3. The van der Waals surface area contributed by atoms with Gasteiger partial charge in [-0.1, -0.05) is 20.8 Å². The summed E-state index contributed by atoms with van der Waals surface area (Å²) < 4.78 is 13.3. The fourth-order valence-electron chi connectivity index (χ4n) is 2.11. The molecule has 8 nitrogen and oxygen atoms in total. The topological polar surface area (TPSA) is 106 Å². The summed E-state index contributed by atoms with van der Waals surface area (Å²) in [6, 6.07) is 1.45. The van der Waals surface area contributed by atoms with Gasteiger partial charge in [0.25, 0.3) is 0 Å². The van der Waals surface area contributed by atoms with E-state index < -0.39 is 26.3 Å². The van der Waals surface area contributed by atoms with Gasteiger partial charge in [-0.3, -0.25) is 15.3 Å². The Hall–Kier alpha value is -1.68.